The fourth-order valence-corrected chi connectivity index (χ4v) is 2.55. The molecule has 1 heteroatoms. The summed E-state index contributed by atoms with van der Waals surface area (Å²) in [4.78, 5) is 0. The van der Waals surface area contributed by atoms with Crippen molar-refractivity contribution < 1.29 is 0 Å². The van der Waals surface area contributed by atoms with Crippen LogP contribution in [-0.2, 0) is 0 Å². The first-order valence-corrected chi connectivity index (χ1v) is 5.44. The highest BCUT2D eigenvalue weighted by atomic mass is 14.6. The van der Waals surface area contributed by atoms with Gasteiger partial charge >= 0.3 is 0 Å². The first kappa shape index (κ1) is 10.0. The second kappa shape index (κ2) is 4.86. The van der Waals surface area contributed by atoms with Crippen LogP contribution in [-0.4, -0.2) is 6.04 Å². The molecule has 0 aromatic carbocycles. The molecule has 0 aromatic rings. The van der Waals surface area contributed by atoms with Crippen molar-refractivity contribution in [2.24, 2.45) is 17.6 Å². The molecule has 0 aliphatic heterocycles. The normalized spacial score (nSPS) is 24.2. The molecule has 1 aliphatic rings. The van der Waals surface area contributed by atoms with Gasteiger partial charge < -0.3 is 5.73 Å². The lowest BCUT2D eigenvalue weighted by Gasteiger charge is -2.17. The number of nitrogens with two attached hydrogens (primary N) is 1. The fourth-order valence-electron chi connectivity index (χ4n) is 2.55. The summed E-state index contributed by atoms with van der Waals surface area (Å²) < 4.78 is 0. The number of hydrogen-bond donors (Lipinski definition) is 1. The average molecular weight is 169 g/mol. The summed E-state index contributed by atoms with van der Waals surface area (Å²) in [6.07, 6.45) is 8.51. The maximum absolute atomic E-state index is 5.77. The molecule has 1 nitrogen and oxygen atoms in total. The van der Waals surface area contributed by atoms with Crippen molar-refractivity contribution in [3.05, 3.63) is 0 Å². The zero-order chi connectivity index (χ0) is 8.97. The Morgan fingerprint density at radius 1 is 1.25 bits per heavy atom. The highest BCUT2D eigenvalue weighted by molar-refractivity contribution is 4.71. The van der Waals surface area contributed by atoms with Crippen molar-refractivity contribution in [3.63, 3.8) is 0 Å². The molecular formula is C11H23N. The average Bonchev–Trinajstić information content (AvgIpc) is 2.37. The van der Waals surface area contributed by atoms with E-state index in [1.165, 1.54) is 38.5 Å². The van der Waals surface area contributed by atoms with Crippen LogP contribution in [0.4, 0.5) is 0 Å². The van der Waals surface area contributed by atoms with E-state index >= 15 is 0 Å². The predicted molar refractivity (Wildman–Crippen MR) is 54.0 cm³/mol. The lowest BCUT2D eigenvalue weighted by Crippen LogP contribution is -2.19. The van der Waals surface area contributed by atoms with Crippen LogP contribution in [0.5, 0.6) is 0 Å². The molecule has 1 fully saturated rings. The molecule has 0 heterocycles. The van der Waals surface area contributed by atoms with Crippen LogP contribution in [0, 0.1) is 11.8 Å². The van der Waals surface area contributed by atoms with E-state index in [1.807, 2.05) is 0 Å². The molecule has 2 atom stereocenters. The van der Waals surface area contributed by atoms with E-state index in [1.54, 1.807) is 0 Å². The predicted octanol–water partition coefficient (Wildman–Crippen LogP) is 2.94. The highest BCUT2D eigenvalue weighted by Gasteiger charge is 2.18. The van der Waals surface area contributed by atoms with Gasteiger partial charge in [0.15, 0.2) is 0 Å². The summed E-state index contributed by atoms with van der Waals surface area (Å²) in [6, 6.07) is 0.390. The van der Waals surface area contributed by atoms with Crippen LogP contribution in [0.1, 0.15) is 52.4 Å². The third-order valence-corrected chi connectivity index (χ3v) is 2.98. The highest BCUT2D eigenvalue weighted by Crippen LogP contribution is 2.31. The van der Waals surface area contributed by atoms with Crippen LogP contribution < -0.4 is 5.73 Å². The molecule has 0 radical (unpaired) electrons. The Kier molecular flexibility index (Phi) is 4.07. The molecule has 2 unspecified atom stereocenters. The van der Waals surface area contributed by atoms with Gasteiger partial charge in [0, 0.05) is 6.04 Å². The van der Waals surface area contributed by atoms with E-state index in [0.29, 0.717) is 6.04 Å². The van der Waals surface area contributed by atoms with Crippen molar-refractivity contribution in [2.45, 2.75) is 58.4 Å². The minimum Gasteiger partial charge on any atom is -0.328 e. The Hall–Kier alpha value is -0.0400. The van der Waals surface area contributed by atoms with Gasteiger partial charge in [0.2, 0.25) is 0 Å². The largest absolute Gasteiger partial charge is 0.328 e. The summed E-state index contributed by atoms with van der Waals surface area (Å²) in [5.41, 5.74) is 5.77. The molecule has 0 spiro atoms. The second-order valence-electron chi connectivity index (χ2n) is 4.70. The van der Waals surface area contributed by atoms with E-state index in [9.17, 15) is 0 Å². The Morgan fingerprint density at radius 2 is 1.83 bits per heavy atom. The van der Waals surface area contributed by atoms with Gasteiger partial charge in [0.1, 0.15) is 0 Å². The third kappa shape index (κ3) is 3.57. The topological polar surface area (TPSA) is 26.0 Å². The van der Waals surface area contributed by atoms with Gasteiger partial charge in [-0.3, -0.25) is 0 Å². The maximum Gasteiger partial charge on any atom is 0.00130 e. The van der Waals surface area contributed by atoms with Crippen molar-refractivity contribution in [3.8, 4) is 0 Å². The van der Waals surface area contributed by atoms with E-state index < -0.39 is 0 Å². The summed E-state index contributed by atoms with van der Waals surface area (Å²) in [6.45, 7) is 4.47. The summed E-state index contributed by atoms with van der Waals surface area (Å²) in [5, 5.41) is 0. The summed E-state index contributed by atoms with van der Waals surface area (Å²) in [5.74, 6) is 1.87. The standard InChI is InChI=1S/C11H23N/c1-9(7-10(2)12)8-11-5-3-4-6-11/h9-11H,3-8,12H2,1-2H3. The van der Waals surface area contributed by atoms with Gasteiger partial charge in [-0.25, -0.2) is 0 Å². The van der Waals surface area contributed by atoms with E-state index in [2.05, 4.69) is 13.8 Å². The van der Waals surface area contributed by atoms with Crippen molar-refractivity contribution in [2.75, 3.05) is 0 Å². The molecule has 1 saturated carbocycles. The van der Waals surface area contributed by atoms with Crippen LogP contribution in [0.15, 0.2) is 0 Å². The lowest BCUT2D eigenvalue weighted by atomic mass is 9.90. The molecule has 0 bridgehead atoms. The Balaban J connectivity index is 2.11. The molecular weight excluding hydrogens is 146 g/mol. The smallest absolute Gasteiger partial charge is 0.00130 e. The summed E-state index contributed by atoms with van der Waals surface area (Å²) in [7, 11) is 0. The Bertz CT molecular complexity index is 114. The van der Waals surface area contributed by atoms with Crippen LogP contribution in [0.3, 0.4) is 0 Å². The zero-order valence-electron chi connectivity index (χ0n) is 8.55. The zero-order valence-corrected chi connectivity index (χ0v) is 8.55. The van der Waals surface area contributed by atoms with Gasteiger partial charge in [0.05, 0.1) is 0 Å². The minimum absolute atomic E-state index is 0.390. The molecule has 0 amide bonds. The minimum atomic E-state index is 0.390. The third-order valence-electron chi connectivity index (χ3n) is 2.98. The monoisotopic (exact) mass is 169 g/mol. The van der Waals surface area contributed by atoms with Gasteiger partial charge in [-0.05, 0) is 31.6 Å². The maximum atomic E-state index is 5.77. The SMILES string of the molecule is CC(N)CC(C)CC1CCCC1. The lowest BCUT2D eigenvalue weighted by molar-refractivity contribution is 0.363. The van der Waals surface area contributed by atoms with Crippen LogP contribution >= 0.6 is 0 Å². The molecule has 1 rings (SSSR count). The van der Waals surface area contributed by atoms with Crippen LogP contribution in [0.2, 0.25) is 0 Å². The molecule has 2 N–H and O–H groups in total. The molecule has 1 aliphatic carbocycles. The second-order valence-corrected chi connectivity index (χ2v) is 4.70. The number of hydrogen-bond acceptors (Lipinski definition) is 1. The van der Waals surface area contributed by atoms with Gasteiger partial charge in [-0.2, -0.15) is 0 Å². The first-order chi connectivity index (χ1) is 5.68. The van der Waals surface area contributed by atoms with E-state index in [4.69, 9.17) is 5.73 Å². The summed E-state index contributed by atoms with van der Waals surface area (Å²) >= 11 is 0. The van der Waals surface area contributed by atoms with Crippen molar-refractivity contribution in [1.82, 2.24) is 0 Å². The van der Waals surface area contributed by atoms with E-state index in [-0.39, 0.29) is 0 Å². The Morgan fingerprint density at radius 3 is 2.33 bits per heavy atom. The molecule has 0 saturated heterocycles. The van der Waals surface area contributed by atoms with Gasteiger partial charge in [0.25, 0.3) is 0 Å². The van der Waals surface area contributed by atoms with Gasteiger partial charge in [-0.15, -0.1) is 0 Å². The quantitative estimate of drug-likeness (QED) is 0.688. The first-order valence-electron chi connectivity index (χ1n) is 5.44. The van der Waals surface area contributed by atoms with Crippen molar-refractivity contribution in [1.29, 1.82) is 0 Å². The molecule has 12 heavy (non-hydrogen) atoms. The Labute approximate surface area is 76.7 Å². The fraction of sp³-hybridized carbons (Fsp3) is 1.00. The van der Waals surface area contributed by atoms with Gasteiger partial charge in [-0.1, -0.05) is 32.6 Å². The molecule has 0 aromatic heterocycles. The van der Waals surface area contributed by atoms with E-state index in [0.717, 1.165) is 11.8 Å². The van der Waals surface area contributed by atoms with Crippen LogP contribution in [0.25, 0.3) is 0 Å². The van der Waals surface area contributed by atoms with Crippen molar-refractivity contribution >= 4 is 0 Å². The molecule has 72 valence electrons. The number of rotatable bonds is 4.